The number of fused-ring (bicyclic) bond motifs is 1. The molecule has 1 aliphatic carbocycles. The summed E-state index contributed by atoms with van der Waals surface area (Å²) in [4.78, 5) is 15.4. The maximum atomic E-state index is 12.8. The van der Waals surface area contributed by atoms with Gasteiger partial charge in [-0.05, 0) is 36.7 Å². The molecule has 3 nitrogen and oxygen atoms in total. The van der Waals surface area contributed by atoms with E-state index in [1.807, 2.05) is 17.5 Å². The van der Waals surface area contributed by atoms with Gasteiger partial charge < -0.3 is 10.2 Å². The number of thiophene rings is 1. The van der Waals surface area contributed by atoms with Crippen molar-refractivity contribution in [3.8, 4) is 0 Å². The van der Waals surface area contributed by atoms with Crippen LogP contribution in [0.5, 0.6) is 0 Å². The van der Waals surface area contributed by atoms with Crippen molar-refractivity contribution < 1.29 is 4.79 Å². The van der Waals surface area contributed by atoms with Crippen LogP contribution in [-0.4, -0.2) is 36.5 Å². The fourth-order valence-corrected chi connectivity index (χ4v) is 5.97. The standard InChI is InChI=1S/C18H20N2OS.ClH/c21-18(15-10-22-16-4-2-1-3-14(15)16)19-17-12-5-11-6-13(17)9-20(7-11)8-12;/h1-4,10-13,17H,5-9H2,(H,19,21);1H/t11?,12-,13-,17?;/m1./s1. The number of halogens is 1. The number of carbonyl (C=O) groups excluding carboxylic acids is 1. The van der Waals surface area contributed by atoms with E-state index in [0.717, 1.165) is 16.9 Å². The van der Waals surface area contributed by atoms with Gasteiger partial charge in [0, 0.05) is 41.1 Å². The lowest BCUT2D eigenvalue weighted by Gasteiger charge is -2.55. The fraction of sp³-hybridized carbons (Fsp3) is 0.500. The van der Waals surface area contributed by atoms with Gasteiger partial charge in [0.1, 0.15) is 0 Å². The zero-order valence-electron chi connectivity index (χ0n) is 12.9. The average Bonchev–Trinajstić information content (AvgIpc) is 2.94. The summed E-state index contributed by atoms with van der Waals surface area (Å²) in [7, 11) is 0. The molecule has 1 aromatic heterocycles. The van der Waals surface area contributed by atoms with Crippen molar-refractivity contribution >= 4 is 39.7 Å². The van der Waals surface area contributed by atoms with Crippen molar-refractivity contribution in [3.05, 3.63) is 35.2 Å². The molecule has 5 heteroatoms. The number of hydrogen-bond acceptors (Lipinski definition) is 3. The summed E-state index contributed by atoms with van der Waals surface area (Å²) < 4.78 is 1.20. The van der Waals surface area contributed by atoms with Gasteiger partial charge in [-0.2, -0.15) is 0 Å². The molecule has 0 unspecified atom stereocenters. The summed E-state index contributed by atoms with van der Waals surface area (Å²) in [5, 5.41) is 6.51. The summed E-state index contributed by atoms with van der Waals surface area (Å²) in [6.45, 7) is 3.66. The molecule has 3 aliphatic heterocycles. The Bertz CT molecular complexity index is 715. The molecule has 122 valence electrons. The molecule has 4 heterocycles. The van der Waals surface area contributed by atoms with E-state index in [1.165, 1.54) is 37.2 Å². The number of benzene rings is 1. The van der Waals surface area contributed by atoms with Crippen molar-refractivity contribution in [2.75, 3.05) is 19.6 Å². The topological polar surface area (TPSA) is 32.3 Å². The predicted molar refractivity (Wildman–Crippen MR) is 96.5 cm³/mol. The molecule has 1 saturated carbocycles. The molecule has 4 bridgehead atoms. The van der Waals surface area contributed by atoms with E-state index in [1.54, 1.807) is 11.3 Å². The van der Waals surface area contributed by atoms with Crippen molar-refractivity contribution in [1.82, 2.24) is 10.2 Å². The van der Waals surface area contributed by atoms with Crippen LogP contribution in [0.4, 0.5) is 0 Å². The normalized spacial score (nSPS) is 34.3. The van der Waals surface area contributed by atoms with Crippen LogP contribution in [0.3, 0.4) is 0 Å². The molecule has 4 fully saturated rings. The molecule has 23 heavy (non-hydrogen) atoms. The van der Waals surface area contributed by atoms with E-state index in [4.69, 9.17) is 0 Å². The Labute approximate surface area is 146 Å². The van der Waals surface area contributed by atoms with Crippen LogP contribution in [0.1, 0.15) is 23.2 Å². The minimum absolute atomic E-state index is 0. The van der Waals surface area contributed by atoms with Crippen molar-refractivity contribution in [1.29, 1.82) is 0 Å². The molecule has 1 amide bonds. The molecule has 6 rings (SSSR count). The highest BCUT2D eigenvalue weighted by Crippen LogP contribution is 2.43. The third-order valence-corrected chi connectivity index (χ3v) is 6.78. The third-order valence-electron chi connectivity index (χ3n) is 5.81. The lowest BCUT2D eigenvalue weighted by Crippen LogP contribution is -2.64. The van der Waals surface area contributed by atoms with Crippen LogP contribution in [0.15, 0.2) is 29.6 Å². The van der Waals surface area contributed by atoms with Crippen molar-refractivity contribution in [2.24, 2.45) is 17.8 Å². The number of amides is 1. The first-order valence-corrected chi connectivity index (χ1v) is 9.15. The highest BCUT2D eigenvalue weighted by Gasteiger charge is 2.47. The number of nitrogens with one attached hydrogen (secondary N) is 1. The van der Waals surface area contributed by atoms with Crippen LogP contribution in [-0.2, 0) is 0 Å². The summed E-state index contributed by atoms with van der Waals surface area (Å²) in [6.07, 6.45) is 2.62. The molecular formula is C18H21ClN2OS. The minimum Gasteiger partial charge on any atom is -0.349 e. The van der Waals surface area contributed by atoms with Gasteiger partial charge in [0.05, 0.1) is 5.56 Å². The second kappa shape index (κ2) is 5.76. The second-order valence-corrected chi connectivity index (χ2v) is 8.13. The van der Waals surface area contributed by atoms with Crippen LogP contribution < -0.4 is 5.32 Å². The molecular weight excluding hydrogens is 328 g/mol. The van der Waals surface area contributed by atoms with Crippen molar-refractivity contribution in [2.45, 2.75) is 18.9 Å². The third kappa shape index (κ3) is 2.48. The van der Waals surface area contributed by atoms with Crippen LogP contribution in [0.25, 0.3) is 10.1 Å². The monoisotopic (exact) mass is 348 g/mol. The zero-order valence-corrected chi connectivity index (χ0v) is 14.5. The van der Waals surface area contributed by atoms with Gasteiger partial charge in [0.25, 0.3) is 5.91 Å². The molecule has 0 radical (unpaired) electrons. The molecule has 0 spiro atoms. The van der Waals surface area contributed by atoms with E-state index in [0.29, 0.717) is 17.9 Å². The van der Waals surface area contributed by atoms with Gasteiger partial charge >= 0.3 is 0 Å². The molecule has 2 atom stereocenters. The largest absolute Gasteiger partial charge is 0.349 e. The van der Waals surface area contributed by atoms with E-state index in [-0.39, 0.29) is 18.3 Å². The number of carbonyl (C=O) groups is 1. The lowest BCUT2D eigenvalue weighted by molar-refractivity contribution is -0.0418. The van der Waals surface area contributed by atoms with Gasteiger partial charge in [0.2, 0.25) is 0 Å². The van der Waals surface area contributed by atoms with E-state index < -0.39 is 0 Å². The second-order valence-electron chi connectivity index (χ2n) is 7.22. The van der Waals surface area contributed by atoms with E-state index in [9.17, 15) is 4.79 Å². The number of nitrogens with zero attached hydrogens (tertiary/aromatic N) is 1. The van der Waals surface area contributed by atoms with Crippen molar-refractivity contribution in [3.63, 3.8) is 0 Å². The number of rotatable bonds is 2. The Morgan fingerprint density at radius 3 is 2.61 bits per heavy atom. The Morgan fingerprint density at radius 1 is 1.13 bits per heavy atom. The summed E-state index contributed by atoms with van der Waals surface area (Å²) in [5.74, 6) is 2.35. The molecule has 3 saturated heterocycles. The first-order valence-electron chi connectivity index (χ1n) is 8.27. The van der Waals surface area contributed by atoms with E-state index in [2.05, 4.69) is 22.3 Å². The maximum absolute atomic E-state index is 12.8. The van der Waals surface area contributed by atoms with Gasteiger partial charge in [-0.3, -0.25) is 4.79 Å². The Balaban J connectivity index is 0.00000135. The van der Waals surface area contributed by atoms with Gasteiger partial charge in [-0.1, -0.05) is 18.2 Å². The molecule has 2 aromatic rings. The number of hydrogen-bond donors (Lipinski definition) is 1. The van der Waals surface area contributed by atoms with Crippen LogP contribution >= 0.6 is 23.7 Å². The fourth-order valence-electron chi connectivity index (χ4n) is 5.03. The highest BCUT2D eigenvalue weighted by molar-refractivity contribution is 7.17. The number of piperidine rings is 3. The van der Waals surface area contributed by atoms with Gasteiger partial charge in [0.15, 0.2) is 0 Å². The smallest absolute Gasteiger partial charge is 0.252 e. The first-order chi connectivity index (χ1) is 10.8. The van der Waals surface area contributed by atoms with Crippen LogP contribution in [0.2, 0.25) is 0 Å². The average molecular weight is 349 g/mol. The molecule has 4 aliphatic rings. The predicted octanol–water partition coefficient (Wildman–Crippen LogP) is 3.39. The summed E-state index contributed by atoms with van der Waals surface area (Å²) in [5.41, 5.74) is 0.856. The van der Waals surface area contributed by atoms with E-state index >= 15 is 0 Å². The highest BCUT2D eigenvalue weighted by atomic mass is 35.5. The molecule has 1 aromatic carbocycles. The molecule has 1 N–H and O–H groups in total. The summed E-state index contributed by atoms with van der Waals surface area (Å²) >= 11 is 1.66. The quantitative estimate of drug-likeness (QED) is 0.902. The maximum Gasteiger partial charge on any atom is 0.252 e. The zero-order chi connectivity index (χ0) is 14.7. The first kappa shape index (κ1) is 15.4. The lowest BCUT2D eigenvalue weighted by atomic mass is 9.65. The summed E-state index contributed by atoms with van der Waals surface area (Å²) in [6, 6.07) is 8.59. The Morgan fingerprint density at radius 2 is 1.87 bits per heavy atom. The Hall–Kier alpha value is -1.10. The Kier molecular flexibility index (Phi) is 3.87. The van der Waals surface area contributed by atoms with Gasteiger partial charge in [-0.15, -0.1) is 23.7 Å². The SMILES string of the molecule is Cl.O=C(NC1[C@@H]2CC3C[C@@H]1CN(C3)C2)c1csc2ccccc12. The van der Waals surface area contributed by atoms with Crippen LogP contribution in [0, 0.1) is 17.8 Å². The minimum atomic E-state index is 0. The van der Waals surface area contributed by atoms with Gasteiger partial charge in [-0.25, -0.2) is 0 Å².